The van der Waals surface area contributed by atoms with Gasteiger partial charge in [-0.3, -0.25) is 9.59 Å². The first-order valence-corrected chi connectivity index (χ1v) is 8.15. The highest BCUT2D eigenvalue weighted by Crippen LogP contribution is 2.16. The van der Waals surface area contributed by atoms with Crippen LogP contribution in [0.3, 0.4) is 0 Å². The van der Waals surface area contributed by atoms with E-state index in [2.05, 4.69) is 5.32 Å². The van der Waals surface area contributed by atoms with E-state index in [1.54, 1.807) is 25.9 Å². The number of amides is 2. The van der Waals surface area contributed by atoms with Gasteiger partial charge in [-0.25, -0.2) is 0 Å². The van der Waals surface area contributed by atoms with Crippen molar-refractivity contribution in [2.45, 2.75) is 59.2 Å². The molecule has 0 bridgehead atoms. The summed E-state index contributed by atoms with van der Waals surface area (Å²) in [6.45, 7) is 7.93. The van der Waals surface area contributed by atoms with Crippen LogP contribution in [-0.2, 0) is 16.1 Å². The van der Waals surface area contributed by atoms with Crippen molar-refractivity contribution >= 4 is 11.8 Å². The summed E-state index contributed by atoms with van der Waals surface area (Å²) in [5, 5.41) is 2.94. The first kappa shape index (κ1) is 19.0. The molecule has 0 unspecified atom stereocenters. The molecule has 2 atom stereocenters. The molecule has 0 aliphatic rings. The lowest BCUT2D eigenvalue weighted by Crippen LogP contribution is -2.49. The summed E-state index contributed by atoms with van der Waals surface area (Å²) in [6, 6.07) is 7.14. The molecule has 1 aromatic rings. The maximum absolute atomic E-state index is 12.4. The van der Waals surface area contributed by atoms with Gasteiger partial charge in [0.1, 0.15) is 11.8 Å². The van der Waals surface area contributed by atoms with E-state index in [1.165, 1.54) is 0 Å². The predicted octanol–water partition coefficient (Wildman–Crippen LogP) is 2.74. The molecule has 0 radical (unpaired) electrons. The molecule has 1 N–H and O–H groups in total. The minimum absolute atomic E-state index is 0.0420. The normalized spacial score (nSPS) is 13.1. The lowest BCUT2D eigenvalue weighted by atomic mass is 10.1. The molecule has 5 nitrogen and oxygen atoms in total. The Morgan fingerprint density at radius 2 is 1.96 bits per heavy atom. The smallest absolute Gasteiger partial charge is 0.242 e. The summed E-state index contributed by atoms with van der Waals surface area (Å²) in [7, 11) is 1.61. The Balaban J connectivity index is 2.91. The summed E-state index contributed by atoms with van der Waals surface area (Å²) < 4.78 is 5.22. The fraction of sp³-hybridized carbons (Fsp3) is 0.556. The van der Waals surface area contributed by atoms with Gasteiger partial charge < -0.3 is 15.0 Å². The Morgan fingerprint density at radius 3 is 2.52 bits per heavy atom. The molecule has 128 valence electrons. The number of rotatable bonds is 8. The predicted molar refractivity (Wildman–Crippen MR) is 91.2 cm³/mol. The SMILES string of the molecule is CCC(=O)N(Cc1cccc(OC)c1)[C@@H](C)C(=O)N[C@H](C)CC. The lowest BCUT2D eigenvalue weighted by Gasteiger charge is -2.29. The van der Waals surface area contributed by atoms with Gasteiger partial charge in [0.15, 0.2) is 0 Å². The van der Waals surface area contributed by atoms with Crippen molar-refractivity contribution < 1.29 is 14.3 Å². The second-order valence-electron chi connectivity index (χ2n) is 5.72. The van der Waals surface area contributed by atoms with Crippen LogP contribution in [0.2, 0.25) is 0 Å². The van der Waals surface area contributed by atoms with Gasteiger partial charge in [-0.2, -0.15) is 0 Å². The van der Waals surface area contributed by atoms with Crippen LogP contribution in [0.1, 0.15) is 46.1 Å². The topological polar surface area (TPSA) is 58.6 Å². The number of nitrogens with one attached hydrogen (secondary N) is 1. The molecule has 1 aromatic carbocycles. The fourth-order valence-electron chi connectivity index (χ4n) is 2.22. The van der Waals surface area contributed by atoms with Crippen molar-refractivity contribution in [3.63, 3.8) is 0 Å². The minimum atomic E-state index is -0.511. The van der Waals surface area contributed by atoms with Crippen LogP contribution in [0.4, 0.5) is 0 Å². The summed E-state index contributed by atoms with van der Waals surface area (Å²) >= 11 is 0. The van der Waals surface area contributed by atoms with Crippen LogP contribution in [0.25, 0.3) is 0 Å². The van der Waals surface area contributed by atoms with Gasteiger partial charge >= 0.3 is 0 Å². The van der Waals surface area contributed by atoms with E-state index >= 15 is 0 Å². The number of carbonyl (C=O) groups excluding carboxylic acids is 2. The Hall–Kier alpha value is -2.04. The molecule has 0 aliphatic heterocycles. The zero-order valence-corrected chi connectivity index (χ0v) is 14.8. The van der Waals surface area contributed by atoms with Gasteiger partial charge in [-0.15, -0.1) is 0 Å². The van der Waals surface area contributed by atoms with Gasteiger partial charge in [-0.1, -0.05) is 26.0 Å². The van der Waals surface area contributed by atoms with Gasteiger partial charge in [-0.05, 0) is 38.0 Å². The molecule has 23 heavy (non-hydrogen) atoms. The first-order valence-electron chi connectivity index (χ1n) is 8.15. The van der Waals surface area contributed by atoms with Gasteiger partial charge in [0, 0.05) is 19.0 Å². The van der Waals surface area contributed by atoms with Crippen LogP contribution in [0.15, 0.2) is 24.3 Å². The third kappa shape index (κ3) is 5.58. The van der Waals surface area contributed by atoms with E-state index in [1.807, 2.05) is 38.1 Å². The van der Waals surface area contributed by atoms with Crippen LogP contribution in [0, 0.1) is 0 Å². The maximum Gasteiger partial charge on any atom is 0.242 e. The second-order valence-corrected chi connectivity index (χ2v) is 5.72. The number of hydrogen-bond donors (Lipinski definition) is 1. The van der Waals surface area contributed by atoms with Gasteiger partial charge in [0.2, 0.25) is 11.8 Å². The van der Waals surface area contributed by atoms with Crippen molar-refractivity contribution in [3.8, 4) is 5.75 Å². The number of methoxy groups -OCH3 is 1. The zero-order valence-electron chi connectivity index (χ0n) is 14.8. The van der Waals surface area contributed by atoms with Crippen LogP contribution in [-0.4, -0.2) is 35.9 Å². The monoisotopic (exact) mass is 320 g/mol. The van der Waals surface area contributed by atoms with E-state index in [0.29, 0.717) is 13.0 Å². The maximum atomic E-state index is 12.4. The van der Waals surface area contributed by atoms with E-state index in [9.17, 15) is 9.59 Å². The Morgan fingerprint density at radius 1 is 1.26 bits per heavy atom. The zero-order chi connectivity index (χ0) is 17.4. The number of ether oxygens (including phenoxy) is 1. The van der Waals surface area contributed by atoms with Crippen molar-refractivity contribution in [1.29, 1.82) is 0 Å². The van der Waals surface area contributed by atoms with E-state index in [0.717, 1.165) is 17.7 Å². The number of hydrogen-bond acceptors (Lipinski definition) is 3. The second kappa shape index (κ2) is 9.18. The highest BCUT2D eigenvalue weighted by Gasteiger charge is 2.25. The van der Waals surface area contributed by atoms with Gasteiger partial charge in [0.25, 0.3) is 0 Å². The largest absolute Gasteiger partial charge is 0.497 e. The minimum Gasteiger partial charge on any atom is -0.497 e. The Labute approximate surface area is 139 Å². The summed E-state index contributed by atoms with van der Waals surface area (Å²) in [5.74, 6) is 0.576. The number of nitrogens with zero attached hydrogens (tertiary/aromatic N) is 1. The molecule has 0 heterocycles. The van der Waals surface area contributed by atoms with Crippen LogP contribution < -0.4 is 10.1 Å². The fourth-order valence-corrected chi connectivity index (χ4v) is 2.22. The average molecular weight is 320 g/mol. The molecule has 5 heteroatoms. The first-order chi connectivity index (χ1) is 10.9. The molecule has 2 amide bonds. The van der Waals surface area contributed by atoms with Crippen LogP contribution >= 0.6 is 0 Å². The van der Waals surface area contributed by atoms with E-state index in [4.69, 9.17) is 4.74 Å². The summed E-state index contributed by atoms with van der Waals surface area (Å²) in [5.41, 5.74) is 0.939. The Kier molecular flexibility index (Phi) is 7.59. The molecule has 0 aliphatic carbocycles. The molecule has 1 rings (SSSR count). The molecular weight excluding hydrogens is 292 g/mol. The standard InChI is InChI=1S/C18H28N2O3/c1-6-13(3)19-18(22)14(4)20(17(21)7-2)12-15-9-8-10-16(11-15)23-5/h8-11,13-14H,6-7,12H2,1-5H3,(H,19,22)/t13-,14+/m1/s1. The van der Waals surface area contributed by atoms with E-state index in [-0.39, 0.29) is 17.9 Å². The number of benzene rings is 1. The molecule has 0 fully saturated rings. The summed E-state index contributed by atoms with van der Waals surface area (Å²) in [6.07, 6.45) is 1.22. The average Bonchev–Trinajstić information content (AvgIpc) is 2.58. The molecule has 0 aromatic heterocycles. The summed E-state index contributed by atoms with van der Waals surface area (Å²) in [4.78, 5) is 26.3. The highest BCUT2D eigenvalue weighted by atomic mass is 16.5. The van der Waals surface area contributed by atoms with Crippen molar-refractivity contribution in [3.05, 3.63) is 29.8 Å². The molecule has 0 spiro atoms. The van der Waals surface area contributed by atoms with Crippen molar-refractivity contribution in [1.82, 2.24) is 10.2 Å². The van der Waals surface area contributed by atoms with Crippen LogP contribution in [0.5, 0.6) is 5.75 Å². The number of carbonyl (C=O) groups is 2. The molecule has 0 saturated heterocycles. The quantitative estimate of drug-likeness (QED) is 0.801. The molecular formula is C18H28N2O3. The lowest BCUT2D eigenvalue weighted by molar-refractivity contribution is -0.140. The molecule has 0 saturated carbocycles. The van der Waals surface area contributed by atoms with E-state index < -0.39 is 6.04 Å². The van der Waals surface area contributed by atoms with Gasteiger partial charge in [0.05, 0.1) is 7.11 Å². The third-order valence-corrected chi connectivity index (χ3v) is 3.96. The highest BCUT2D eigenvalue weighted by molar-refractivity contribution is 5.87. The third-order valence-electron chi connectivity index (χ3n) is 3.96. The van der Waals surface area contributed by atoms with Crippen molar-refractivity contribution in [2.24, 2.45) is 0 Å². The Bertz CT molecular complexity index is 531. The van der Waals surface area contributed by atoms with Crippen molar-refractivity contribution in [2.75, 3.05) is 7.11 Å².